The van der Waals surface area contributed by atoms with Gasteiger partial charge in [-0.05, 0) is 131 Å². The fourth-order valence-electron chi connectivity index (χ4n) is 5.43. The minimum Gasteiger partial charge on any atom is -0.390 e. The van der Waals surface area contributed by atoms with Gasteiger partial charge in [0.25, 0.3) is 0 Å². The van der Waals surface area contributed by atoms with E-state index in [2.05, 4.69) is 111 Å². The molecule has 0 radical (unpaired) electrons. The predicted molar refractivity (Wildman–Crippen MR) is 157 cm³/mol. The van der Waals surface area contributed by atoms with Crippen LogP contribution in [0.2, 0.25) is 0 Å². The summed E-state index contributed by atoms with van der Waals surface area (Å²) in [7, 11) is -1.76. The van der Waals surface area contributed by atoms with E-state index in [4.69, 9.17) is 12.9 Å². The van der Waals surface area contributed by atoms with E-state index in [0.717, 1.165) is 49.9 Å². The van der Waals surface area contributed by atoms with Crippen molar-refractivity contribution in [2.24, 2.45) is 0 Å². The third-order valence-electron chi connectivity index (χ3n) is 7.15. The van der Waals surface area contributed by atoms with Crippen molar-refractivity contribution in [3.8, 4) is 16.9 Å². The maximum atomic E-state index is 6.75. The molecule has 0 fully saturated rings. The molecule has 4 aromatic carbocycles. The Bertz CT molecular complexity index is 1670. The molecule has 37 heavy (non-hydrogen) atoms. The summed E-state index contributed by atoms with van der Waals surface area (Å²) in [6.07, 6.45) is 0. The Morgan fingerprint density at radius 1 is 0.486 bits per heavy atom. The summed E-state index contributed by atoms with van der Waals surface area (Å²) < 4.78 is 19.9. The molecule has 0 spiro atoms. The molecule has 0 saturated carbocycles. The second kappa shape index (κ2) is 9.47. The van der Waals surface area contributed by atoms with E-state index in [1.54, 1.807) is 0 Å². The normalized spacial score (nSPS) is 11.4. The van der Waals surface area contributed by atoms with Crippen LogP contribution >= 0.6 is 8.24 Å². The molecular weight excluding hydrogens is 475 g/mol. The summed E-state index contributed by atoms with van der Waals surface area (Å²) in [4.78, 5) is 0. The van der Waals surface area contributed by atoms with Gasteiger partial charge in [0.15, 0.2) is 0 Å². The largest absolute Gasteiger partial charge is 0.453 e. The second-order valence-corrected chi connectivity index (χ2v) is 11.6. The van der Waals surface area contributed by atoms with Crippen LogP contribution in [0.4, 0.5) is 0 Å². The van der Waals surface area contributed by atoms with Crippen LogP contribution in [-0.2, 0) is 0 Å². The highest BCUT2D eigenvalue weighted by molar-refractivity contribution is 7.32. The van der Waals surface area contributed by atoms with Crippen LogP contribution in [0, 0.1) is 62.3 Å². The van der Waals surface area contributed by atoms with Crippen molar-refractivity contribution >= 4 is 30.2 Å². The quantitative estimate of drug-likeness (QED) is 0.242. The Hall–Kier alpha value is -3.42. The van der Waals surface area contributed by atoms with Crippen molar-refractivity contribution in [3.05, 3.63) is 98.6 Å². The van der Waals surface area contributed by atoms with E-state index in [9.17, 15) is 0 Å². The fraction of sp³-hybridized carbons (Fsp3) is 0.273. The smallest absolute Gasteiger partial charge is 0.390 e. The molecule has 0 aliphatic heterocycles. The van der Waals surface area contributed by atoms with E-state index in [1.807, 2.05) is 0 Å². The first-order valence-corrected chi connectivity index (χ1v) is 13.9. The highest BCUT2D eigenvalue weighted by Gasteiger charge is 2.19. The van der Waals surface area contributed by atoms with Crippen LogP contribution in [0.25, 0.3) is 33.1 Å². The average Bonchev–Trinajstić information content (AvgIpc) is 2.95. The van der Waals surface area contributed by atoms with Crippen LogP contribution in [0.3, 0.4) is 0 Å². The lowest BCUT2D eigenvalue weighted by Gasteiger charge is -2.17. The lowest BCUT2D eigenvalue weighted by molar-refractivity contribution is 0.496. The molecule has 0 aliphatic carbocycles. The molecule has 0 unspecified atom stereocenters. The molecule has 0 bridgehead atoms. The van der Waals surface area contributed by atoms with Gasteiger partial charge in [0, 0.05) is 16.3 Å². The molecule has 4 heteroatoms. The molecule has 0 amide bonds. The summed E-state index contributed by atoms with van der Waals surface area (Å²) in [5, 5.41) is 2.11. The summed E-state index contributed by atoms with van der Waals surface area (Å²) in [5.41, 5.74) is 14.5. The standard InChI is InChI=1S/C33H35O3P/c1-18-10-22(5)26(9)27(14-18)28-15-19(2)11-23(6)31(28)34-37-35-32-24(7)12-20(3)16-29(32)30-17-21(4)13-25(8)33(30)36-37/h10-17H,1-9H3. The van der Waals surface area contributed by atoms with Crippen LogP contribution < -0.4 is 4.52 Å². The maximum absolute atomic E-state index is 6.75. The second-order valence-electron chi connectivity index (χ2n) is 10.6. The summed E-state index contributed by atoms with van der Waals surface area (Å²) in [6, 6.07) is 17.5. The summed E-state index contributed by atoms with van der Waals surface area (Å²) in [5.74, 6) is 0.810. The highest BCUT2D eigenvalue weighted by Crippen LogP contribution is 2.45. The lowest BCUT2D eigenvalue weighted by Crippen LogP contribution is -1.95. The Labute approximate surface area is 220 Å². The molecule has 1 aromatic heterocycles. The topological polar surface area (TPSA) is 35.5 Å². The first-order chi connectivity index (χ1) is 17.5. The van der Waals surface area contributed by atoms with Crippen molar-refractivity contribution in [2.75, 3.05) is 0 Å². The minimum absolute atomic E-state index is 0.810. The number of aryl methyl sites for hydroxylation is 8. The van der Waals surface area contributed by atoms with Crippen molar-refractivity contribution in [2.45, 2.75) is 62.3 Å². The van der Waals surface area contributed by atoms with E-state index >= 15 is 0 Å². The monoisotopic (exact) mass is 510 g/mol. The minimum atomic E-state index is -1.76. The molecular formula is C33H35O3P. The lowest BCUT2D eigenvalue weighted by atomic mass is 9.92. The third kappa shape index (κ3) is 4.69. The van der Waals surface area contributed by atoms with Gasteiger partial charge in [-0.2, -0.15) is 0 Å². The van der Waals surface area contributed by atoms with Crippen molar-refractivity contribution < 1.29 is 12.9 Å². The van der Waals surface area contributed by atoms with E-state index < -0.39 is 8.24 Å². The van der Waals surface area contributed by atoms with Crippen LogP contribution in [-0.4, -0.2) is 0 Å². The number of fused-ring (bicyclic) bond motifs is 3. The maximum Gasteiger partial charge on any atom is 0.453 e. The van der Waals surface area contributed by atoms with Gasteiger partial charge in [0.2, 0.25) is 0 Å². The van der Waals surface area contributed by atoms with Crippen molar-refractivity contribution in [1.29, 1.82) is 0 Å². The molecule has 190 valence electrons. The first-order valence-electron chi connectivity index (χ1n) is 12.8. The zero-order chi connectivity index (χ0) is 26.6. The van der Waals surface area contributed by atoms with E-state index in [-0.39, 0.29) is 0 Å². The van der Waals surface area contributed by atoms with Crippen molar-refractivity contribution in [3.63, 3.8) is 0 Å². The molecule has 5 rings (SSSR count). The number of rotatable bonds is 3. The molecule has 0 atom stereocenters. The molecule has 5 aromatic rings. The zero-order valence-corrected chi connectivity index (χ0v) is 24.2. The Kier molecular flexibility index (Phi) is 6.46. The first kappa shape index (κ1) is 25.2. The number of hydrogen-bond acceptors (Lipinski definition) is 3. The molecule has 3 nitrogen and oxygen atoms in total. The molecule has 0 saturated heterocycles. The van der Waals surface area contributed by atoms with Gasteiger partial charge < -0.3 is 12.9 Å². The Morgan fingerprint density at radius 3 is 1.46 bits per heavy atom. The molecule has 0 N–H and O–H groups in total. The fourth-order valence-corrected chi connectivity index (χ4v) is 6.71. The summed E-state index contributed by atoms with van der Waals surface area (Å²) >= 11 is 0. The van der Waals surface area contributed by atoms with Crippen LogP contribution in [0.15, 0.2) is 56.9 Å². The predicted octanol–water partition coefficient (Wildman–Crippen LogP) is 10.6. The molecule has 0 aliphatic rings. The number of hydrogen-bond donors (Lipinski definition) is 0. The van der Waals surface area contributed by atoms with Gasteiger partial charge in [-0.3, -0.25) is 0 Å². The summed E-state index contributed by atoms with van der Waals surface area (Å²) in [6.45, 7) is 19.1. The van der Waals surface area contributed by atoms with Gasteiger partial charge in [0.1, 0.15) is 16.9 Å². The highest BCUT2D eigenvalue weighted by atomic mass is 31.1. The van der Waals surface area contributed by atoms with Gasteiger partial charge in [-0.25, -0.2) is 0 Å². The Balaban J connectivity index is 1.83. The van der Waals surface area contributed by atoms with Crippen LogP contribution in [0.1, 0.15) is 50.1 Å². The van der Waals surface area contributed by atoms with Gasteiger partial charge in [-0.15, -0.1) is 0 Å². The zero-order valence-electron chi connectivity index (χ0n) is 23.3. The van der Waals surface area contributed by atoms with Crippen molar-refractivity contribution in [1.82, 2.24) is 0 Å². The third-order valence-corrected chi connectivity index (χ3v) is 8.14. The number of benzene rings is 4. The van der Waals surface area contributed by atoms with Gasteiger partial charge in [0.05, 0.1) is 0 Å². The Morgan fingerprint density at radius 2 is 0.919 bits per heavy atom. The van der Waals surface area contributed by atoms with Gasteiger partial charge >= 0.3 is 8.24 Å². The van der Waals surface area contributed by atoms with Gasteiger partial charge in [-0.1, -0.05) is 35.9 Å². The molecule has 1 heterocycles. The van der Waals surface area contributed by atoms with E-state index in [1.165, 1.54) is 38.9 Å². The van der Waals surface area contributed by atoms with Crippen LogP contribution in [0.5, 0.6) is 5.75 Å². The average molecular weight is 511 g/mol. The van der Waals surface area contributed by atoms with E-state index in [0.29, 0.717) is 0 Å². The SMILES string of the molecule is Cc1cc(C)c(C)c(-c2cc(C)cc(C)c2Op2oc3c(C)cc(C)cc3c3cc(C)cc(C)c3o2)c1.